The Morgan fingerprint density at radius 2 is 1.86 bits per heavy atom. The van der Waals surface area contributed by atoms with Gasteiger partial charge in [0.2, 0.25) is 0 Å². The molecule has 2 aromatic rings. The van der Waals surface area contributed by atoms with E-state index >= 15 is 0 Å². The van der Waals surface area contributed by atoms with Gasteiger partial charge in [-0.05, 0) is 49.5 Å². The van der Waals surface area contributed by atoms with E-state index in [2.05, 4.69) is 25.9 Å². The molecule has 1 aliphatic heterocycles. The molecule has 1 spiro atoms. The van der Waals surface area contributed by atoms with Crippen molar-refractivity contribution >= 4 is 50.9 Å². The lowest BCUT2D eigenvalue weighted by Crippen LogP contribution is -2.48. The molecule has 1 saturated carbocycles. The van der Waals surface area contributed by atoms with Gasteiger partial charge in [-0.2, -0.15) is 8.42 Å². The number of allylic oxidation sites excluding steroid dienone is 1. The molecule has 2 fully saturated rings. The van der Waals surface area contributed by atoms with Crippen molar-refractivity contribution in [1.29, 1.82) is 0 Å². The Hall–Kier alpha value is -2.12. The van der Waals surface area contributed by atoms with Gasteiger partial charge in [0.05, 0.1) is 17.5 Å². The molecule has 5 rings (SSSR count). The van der Waals surface area contributed by atoms with Crippen molar-refractivity contribution in [2.45, 2.75) is 48.1 Å². The first-order valence-electron chi connectivity index (χ1n) is 11.3. The number of rotatable bonds is 4. The Bertz CT molecular complexity index is 1220. The number of halogens is 1. The minimum atomic E-state index is -3.67. The fraction of sp³-hybridized carbons (Fsp3) is 0.500. The van der Waals surface area contributed by atoms with Gasteiger partial charge in [-0.1, -0.05) is 35.0 Å². The number of pyridine rings is 1. The molecule has 3 heterocycles. The van der Waals surface area contributed by atoms with Crippen LogP contribution in [0.5, 0.6) is 0 Å². The van der Waals surface area contributed by atoms with E-state index < -0.39 is 10.1 Å². The predicted octanol–water partition coefficient (Wildman–Crippen LogP) is 3.00. The van der Waals surface area contributed by atoms with E-state index in [0.29, 0.717) is 22.1 Å². The molecule has 0 aromatic carbocycles. The first kappa shape index (κ1) is 26.0. The van der Waals surface area contributed by atoms with E-state index in [-0.39, 0.29) is 17.3 Å². The molecule has 3 aliphatic rings. The third-order valence-electron chi connectivity index (χ3n) is 6.73. The first-order chi connectivity index (χ1) is 16.5. The summed E-state index contributed by atoms with van der Waals surface area (Å²) in [7, 11) is -3.67. The predicted molar refractivity (Wildman–Crippen MR) is 139 cm³/mol. The second-order valence-electron chi connectivity index (χ2n) is 9.27. The van der Waals surface area contributed by atoms with Crippen LogP contribution in [-0.2, 0) is 10.1 Å². The molecule has 2 aliphatic carbocycles. The van der Waals surface area contributed by atoms with Crippen molar-refractivity contribution in [3.63, 3.8) is 0 Å². The molecule has 0 bridgehead atoms. The summed E-state index contributed by atoms with van der Waals surface area (Å²) >= 11 is 7.58. The van der Waals surface area contributed by atoms with Gasteiger partial charge in [-0.25, -0.2) is 15.0 Å². The second kappa shape index (κ2) is 10.1. The van der Waals surface area contributed by atoms with Gasteiger partial charge >= 0.3 is 0 Å². The molecule has 0 radical (unpaired) electrons. The fourth-order valence-corrected chi connectivity index (χ4v) is 5.71. The summed E-state index contributed by atoms with van der Waals surface area (Å²) in [5.41, 5.74) is 20.4. The quantitative estimate of drug-likeness (QED) is 0.332. The maximum Gasteiger partial charge on any atom is 0.261 e. The van der Waals surface area contributed by atoms with Crippen molar-refractivity contribution in [2.75, 3.05) is 35.7 Å². The van der Waals surface area contributed by atoms with E-state index in [4.69, 9.17) is 33.4 Å². The van der Waals surface area contributed by atoms with Crippen LogP contribution >= 0.6 is 23.4 Å². The van der Waals surface area contributed by atoms with Gasteiger partial charge in [0.25, 0.3) is 10.1 Å². The lowest BCUT2D eigenvalue weighted by molar-refractivity contribution is 0.203. The Morgan fingerprint density at radius 1 is 1.20 bits per heavy atom. The summed E-state index contributed by atoms with van der Waals surface area (Å²) in [4.78, 5) is 16.2. The Morgan fingerprint density at radius 3 is 2.46 bits per heavy atom. The molecular weight excluding hydrogens is 510 g/mol. The highest BCUT2D eigenvalue weighted by Crippen LogP contribution is 2.51. The Balaban J connectivity index is 0.000000527. The molecule has 1 saturated heterocycles. The van der Waals surface area contributed by atoms with E-state index in [0.717, 1.165) is 49.0 Å². The number of nitrogens with zero attached hydrogens (tertiary/aromatic N) is 4. The van der Waals surface area contributed by atoms with Crippen LogP contribution in [0.3, 0.4) is 0 Å². The zero-order valence-corrected chi connectivity index (χ0v) is 21.8. The van der Waals surface area contributed by atoms with E-state index in [1.165, 1.54) is 30.2 Å². The van der Waals surface area contributed by atoms with Crippen LogP contribution in [0.4, 0.5) is 17.5 Å². The molecule has 35 heavy (non-hydrogen) atoms. The van der Waals surface area contributed by atoms with Crippen LogP contribution in [0.15, 0.2) is 40.0 Å². The fourth-order valence-electron chi connectivity index (χ4n) is 4.70. The van der Waals surface area contributed by atoms with Crippen molar-refractivity contribution in [3.05, 3.63) is 35.1 Å². The van der Waals surface area contributed by atoms with Crippen molar-refractivity contribution < 1.29 is 13.0 Å². The van der Waals surface area contributed by atoms with Crippen LogP contribution in [0.2, 0.25) is 5.02 Å². The van der Waals surface area contributed by atoms with Gasteiger partial charge in [0, 0.05) is 30.2 Å². The molecule has 1 atom stereocenters. The minimum Gasteiger partial charge on any atom is -0.382 e. The van der Waals surface area contributed by atoms with Gasteiger partial charge in [-0.15, -0.1) is 0 Å². The summed E-state index contributed by atoms with van der Waals surface area (Å²) in [6.07, 6.45) is 12.4. The molecular formula is C22H30ClN7O3S2. The standard InChI is InChI=1S/C21H26ClN7S.CH4O3S/c22-16-14(4-8-26-18(16)24)30-20-19(25)28-15(11-27-20)29-9-6-21(7-10-29)5-3-13(17(21)23)12-1-2-12;1-5(2,3)4/h3-4,8,11-12,17H,1-2,5-7,9-10,23H2,(H2,24,26)(H2,25,28);1H3,(H,2,3,4)/t17-;/m1./s1. The molecule has 0 unspecified atom stereocenters. The highest BCUT2D eigenvalue weighted by Gasteiger charge is 2.47. The van der Waals surface area contributed by atoms with E-state index in [9.17, 15) is 8.42 Å². The van der Waals surface area contributed by atoms with Crippen molar-refractivity contribution in [2.24, 2.45) is 17.1 Å². The smallest absolute Gasteiger partial charge is 0.261 e. The molecule has 2 aromatic heterocycles. The van der Waals surface area contributed by atoms with Gasteiger partial charge < -0.3 is 22.1 Å². The Labute approximate surface area is 214 Å². The number of anilines is 3. The Kier molecular flexibility index (Phi) is 7.49. The molecule has 190 valence electrons. The third kappa shape index (κ3) is 6.18. The van der Waals surface area contributed by atoms with Crippen LogP contribution in [0.1, 0.15) is 32.1 Å². The maximum absolute atomic E-state index is 9.19. The summed E-state index contributed by atoms with van der Waals surface area (Å²) in [6.45, 7) is 1.85. The summed E-state index contributed by atoms with van der Waals surface area (Å²) < 4.78 is 25.9. The normalized spacial score (nSPS) is 21.4. The van der Waals surface area contributed by atoms with Crippen LogP contribution in [-0.4, -0.2) is 53.3 Å². The minimum absolute atomic E-state index is 0.222. The van der Waals surface area contributed by atoms with Crippen molar-refractivity contribution in [3.8, 4) is 0 Å². The monoisotopic (exact) mass is 539 g/mol. The largest absolute Gasteiger partial charge is 0.382 e. The average molecular weight is 540 g/mol. The lowest BCUT2D eigenvalue weighted by atomic mass is 9.72. The molecule has 10 nitrogen and oxygen atoms in total. The van der Waals surface area contributed by atoms with E-state index in [1.807, 2.05) is 0 Å². The lowest BCUT2D eigenvalue weighted by Gasteiger charge is -2.43. The number of aromatic nitrogens is 3. The number of nitrogen functional groups attached to an aromatic ring is 2. The molecule has 0 amide bonds. The highest BCUT2D eigenvalue weighted by atomic mass is 35.5. The maximum atomic E-state index is 9.19. The van der Waals surface area contributed by atoms with Gasteiger partial charge in [-0.3, -0.25) is 4.55 Å². The van der Waals surface area contributed by atoms with Crippen LogP contribution in [0.25, 0.3) is 0 Å². The number of piperidine rings is 1. The number of nitrogens with two attached hydrogens (primary N) is 3. The zero-order chi connectivity index (χ0) is 25.4. The van der Waals surface area contributed by atoms with Crippen LogP contribution < -0.4 is 22.1 Å². The molecule has 13 heteroatoms. The SMILES string of the molecule is CS(=O)(=O)O.Nc1nc(N2CCC3(CC=C(C4CC4)[C@H]3N)CC2)cnc1Sc1ccnc(N)c1Cl. The van der Waals surface area contributed by atoms with E-state index in [1.54, 1.807) is 18.5 Å². The first-order valence-corrected chi connectivity index (χ1v) is 14.3. The summed E-state index contributed by atoms with van der Waals surface area (Å²) in [5.74, 6) is 2.25. The third-order valence-corrected chi connectivity index (χ3v) is 8.31. The number of hydrogen-bond acceptors (Lipinski definition) is 10. The summed E-state index contributed by atoms with van der Waals surface area (Å²) in [6, 6.07) is 2.01. The molecule has 7 N–H and O–H groups in total. The zero-order valence-electron chi connectivity index (χ0n) is 19.4. The number of hydrogen-bond donors (Lipinski definition) is 4. The second-order valence-corrected chi connectivity index (χ2v) is 12.1. The average Bonchev–Trinajstić information content (AvgIpc) is 3.58. The van der Waals surface area contributed by atoms with Crippen molar-refractivity contribution in [1.82, 2.24) is 15.0 Å². The highest BCUT2D eigenvalue weighted by molar-refractivity contribution is 7.99. The van der Waals surface area contributed by atoms with Crippen LogP contribution in [0, 0.1) is 11.3 Å². The topological polar surface area (TPSA) is 174 Å². The van der Waals surface area contributed by atoms with Gasteiger partial charge in [0.15, 0.2) is 5.82 Å². The van der Waals surface area contributed by atoms with Gasteiger partial charge in [0.1, 0.15) is 16.7 Å². The summed E-state index contributed by atoms with van der Waals surface area (Å²) in [5, 5.41) is 1.01.